The van der Waals surface area contributed by atoms with Crippen LogP contribution in [0.5, 0.6) is 5.75 Å². The first kappa shape index (κ1) is 20.8. The van der Waals surface area contributed by atoms with Gasteiger partial charge in [-0.25, -0.2) is 4.79 Å². The van der Waals surface area contributed by atoms with Crippen molar-refractivity contribution in [2.45, 2.75) is 43.6 Å². The fourth-order valence-electron chi connectivity index (χ4n) is 2.31. The number of amides is 2. The molecular formula is C18H24N4O4S. The topological polar surface area (TPSA) is 95.3 Å². The Hall–Kier alpha value is -2.55. The van der Waals surface area contributed by atoms with Crippen LogP contribution in [0.1, 0.15) is 26.7 Å². The lowest BCUT2D eigenvalue weighted by Gasteiger charge is -2.13. The predicted octanol–water partition coefficient (Wildman–Crippen LogP) is 3.12. The number of alkyl carbamates (subject to hydrolysis) is 1. The van der Waals surface area contributed by atoms with Crippen LogP contribution in [0, 0.1) is 0 Å². The molecule has 0 bridgehead atoms. The van der Waals surface area contributed by atoms with Crippen molar-refractivity contribution in [2.75, 3.05) is 14.2 Å². The number of carbonyl (C=O) groups is 2. The maximum Gasteiger partial charge on any atom is 0.413 e. The summed E-state index contributed by atoms with van der Waals surface area (Å²) < 4.78 is 11.6. The van der Waals surface area contributed by atoms with Crippen LogP contribution in [0.25, 0.3) is 11.4 Å². The number of hydrogen-bond acceptors (Lipinski definition) is 7. The van der Waals surface area contributed by atoms with Gasteiger partial charge in [0.25, 0.3) is 0 Å². The minimum Gasteiger partial charge on any atom is -0.497 e. The van der Waals surface area contributed by atoms with E-state index in [0.717, 1.165) is 36.5 Å². The molecule has 1 heterocycles. The SMILES string of the molecule is CCCCn1c(S[C@H](C)C(=O)NC(=O)OC)nnc1-c1ccc(OC)cc1. The van der Waals surface area contributed by atoms with Gasteiger partial charge in [0.1, 0.15) is 5.75 Å². The average Bonchev–Trinajstić information content (AvgIpc) is 3.08. The lowest BCUT2D eigenvalue weighted by atomic mass is 10.2. The van der Waals surface area contributed by atoms with Gasteiger partial charge in [-0.3, -0.25) is 10.1 Å². The lowest BCUT2D eigenvalue weighted by Crippen LogP contribution is -2.36. The molecule has 146 valence electrons. The molecule has 2 rings (SSSR count). The van der Waals surface area contributed by atoms with Crippen LogP contribution in [0.2, 0.25) is 0 Å². The van der Waals surface area contributed by atoms with Crippen LogP contribution in [0.3, 0.4) is 0 Å². The van der Waals surface area contributed by atoms with Gasteiger partial charge in [-0.2, -0.15) is 0 Å². The van der Waals surface area contributed by atoms with Gasteiger partial charge < -0.3 is 14.0 Å². The fraction of sp³-hybridized carbons (Fsp3) is 0.444. The third-order valence-corrected chi connectivity index (χ3v) is 4.94. The quantitative estimate of drug-likeness (QED) is 0.690. The normalized spacial score (nSPS) is 11.7. The molecule has 0 aliphatic rings. The zero-order chi connectivity index (χ0) is 19.8. The summed E-state index contributed by atoms with van der Waals surface area (Å²) in [6.07, 6.45) is 1.19. The Morgan fingerprint density at radius 3 is 2.52 bits per heavy atom. The molecule has 2 amide bonds. The van der Waals surface area contributed by atoms with Crippen molar-refractivity contribution >= 4 is 23.8 Å². The van der Waals surface area contributed by atoms with Gasteiger partial charge in [0.2, 0.25) is 5.91 Å². The minimum absolute atomic E-state index is 0.442. The molecule has 0 unspecified atom stereocenters. The number of benzene rings is 1. The van der Waals surface area contributed by atoms with E-state index in [1.54, 1.807) is 14.0 Å². The van der Waals surface area contributed by atoms with Crippen LogP contribution in [-0.2, 0) is 16.1 Å². The van der Waals surface area contributed by atoms with Crippen molar-refractivity contribution in [1.82, 2.24) is 20.1 Å². The Labute approximate surface area is 162 Å². The Morgan fingerprint density at radius 2 is 1.93 bits per heavy atom. The van der Waals surface area contributed by atoms with Gasteiger partial charge in [-0.05, 0) is 37.6 Å². The zero-order valence-electron chi connectivity index (χ0n) is 15.9. The highest BCUT2D eigenvalue weighted by Crippen LogP contribution is 2.28. The first-order valence-corrected chi connectivity index (χ1v) is 9.51. The Morgan fingerprint density at radius 1 is 1.22 bits per heavy atom. The molecule has 9 heteroatoms. The number of nitrogens with zero attached hydrogens (tertiary/aromatic N) is 3. The summed E-state index contributed by atoms with van der Waals surface area (Å²) in [7, 11) is 2.83. The maximum atomic E-state index is 12.1. The molecule has 2 aromatic rings. The molecule has 0 saturated carbocycles. The van der Waals surface area contributed by atoms with Crippen LogP contribution >= 0.6 is 11.8 Å². The van der Waals surface area contributed by atoms with Gasteiger partial charge in [-0.1, -0.05) is 25.1 Å². The number of thioether (sulfide) groups is 1. The number of methoxy groups -OCH3 is 2. The number of nitrogens with one attached hydrogen (secondary N) is 1. The van der Waals surface area contributed by atoms with Crippen molar-refractivity contribution in [3.8, 4) is 17.1 Å². The summed E-state index contributed by atoms with van der Waals surface area (Å²) in [4.78, 5) is 23.3. The molecule has 1 N–H and O–H groups in total. The van der Waals surface area contributed by atoms with Gasteiger partial charge in [0, 0.05) is 12.1 Å². The molecule has 0 aliphatic heterocycles. The Kier molecular flexibility index (Phi) is 7.66. The van der Waals surface area contributed by atoms with E-state index in [4.69, 9.17) is 4.74 Å². The smallest absolute Gasteiger partial charge is 0.413 e. The van der Waals surface area contributed by atoms with Crippen molar-refractivity contribution in [2.24, 2.45) is 0 Å². The largest absolute Gasteiger partial charge is 0.497 e. The molecule has 0 spiro atoms. The number of ether oxygens (including phenoxy) is 2. The van der Waals surface area contributed by atoms with Crippen LogP contribution in [-0.4, -0.2) is 46.2 Å². The van der Waals surface area contributed by atoms with Gasteiger partial charge in [0.15, 0.2) is 11.0 Å². The first-order chi connectivity index (χ1) is 13.0. The van der Waals surface area contributed by atoms with E-state index < -0.39 is 17.3 Å². The molecule has 0 aliphatic carbocycles. The van der Waals surface area contributed by atoms with Crippen molar-refractivity contribution in [3.63, 3.8) is 0 Å². The molecule has 0 radical (unpaired) electrons. The molecule has 8 nitrogen and oxygen atoms in total. The number of aromatic nitrogens is 3. The zero-order valence-corrected chi connectivity index (χ0v) is 16.7. The van der Waals surface area contributed by atoms with E-state index >= 15 is 0 Å². The van der Waals surface area contributed by atoms with Gasteiger partial charge >= 0.3 is 6.09 Å². The second kappa shape index (κ2) is 9.96. The van der Waals surface area contributed by atoms with Crippen LogP contribution < -0.4 is 10.1 Å². The van der Waals surface area contributed by atoms with E-state index in [0.29, 0.717) is 5.16 Å². The first-order valence-electron chi connectivity index (χ1n) is 8.63. The predicted molar refractivity (Wildman–Crippen MR) is 103 cm³/mol. The number of carbonyl (C=O) groups excluding carboxylic acids is 2. The van der Waals surface area contributed by atoms with Gasteiger partial charge in [0.05, 0.1) is 19.5 Å². The molecular weight excluding hydrogens is 368 g/mol. The molecule has 0 fully saturated rings. The molecule has 1 aromatic carbocycles. The summed E-state index contributed by atoms with van der Waals surface area (Å²) in [5.74, 6) is 1.05. The average molecular weight is 392 g/mol. The van der Waals surface area contributed by atoms with Crippen molar-refractivity contribution in [3.05, 3.63) is 24.3 Å². The summed E-state index contributed by atoms with van der Waals surface area (Å²) in [6, 6.07) is 7.58. The Bertz CT molecular complexity index is 776. The van der Waals surface area contributed by atoms with Crippen LogP contribution in [0.15, 0.2) is 29.4 Å². The summed E-state index contributed by atoms with van der Waals surface area (Å²) in [6.45, 7) is 4.55. The summed E-state index contributed by atoms with van der Waals surface area (Å²) in [5.41, 5.74) is 0.915. The highest BCUT2D eigenvalue weighted by atomic mass is 32.2. The number of hydrogen-bond donors (Lipinski definition) is 1. The second-order valence-electron chi connectivity index (χ2n) is 5.78. The number of imide groups is 1. The van der Waals surface area contributed by atoms with E-state index in [-0.39, 0.29) is 0 Å². The molecule has 27 heavy (non-hydrogen) atoms. The maximum absolute atomic E-state index is 12.1. The third kappa shape index (κ3) is 5.46. The Balaban J connectivity index is 2.24. The number of unbranched alkanes of at least 4 members (excludes halogenated alkanes) is 1. The van der Waals surface area contributed by atoms with E-state index in [1.165, 1.54) is 18.9 Å². The summed E-state index contributed by atoms with van der Waals surface area (Å²) >= 11 is 1.25. The highest BCUT2D eigenvalue weighted by molar-refractivity contribution is 8.00. The van der Waals surface area contributed by atoms with Crippen molar-refractivity contribution in [1.29, 1.82) is 0 Å². The van der Waals surface area contributed by atoms with E-state index in [9.17, 15) is 9.59 Å². The lowest BCUT2D eigenvalue weighted by molar-refractivity contribution is -0.119. The molecule has 1 aromatic heterocycles. The fourth-order valence-corrected chi connectivity index (χ4v) is 3.19. The van der Waals surface area contributed by atoms with E-state index in [2.05, 4.69) is 27.2 Å². The molecule has 0 saturated heterocycles. The van der Waals surface area contributed by atoms with Crippen molar-refractivity contribution < 1.29 is 19.1 Å². The number of rotatable bonds is 8. The molecule has 1 atom stereocenters. The van der Waals surface area contributed by atoms with Gasteiger partial charge in [-0.15, -0.1) is 10.2 Å². The van der Waals surface area contributed by atoms with E-state index in [1.807, 2.05) is 28.8 Å². The highest BCUT2D eigenvalue weighted by Gasteiger charge is 2.22. The monoisotopic (exact) mass is 392 g/mol. The second-order valence-corrected chi connectivity index (χ2v) is 7.09. The minimum atomic E-state index is -0.779. The third-order valence-electron chi connectivity index (χ3n) is 3.86. The summed E-state index contributed by atoms with van der Waals surface area (Å²) in [5, 5.41) is 10.8. The van der Waals surface area contributed by atoms with Crippen LogP contribution in [0.4, 0.5) is 4.79 Å². The standard InChI is InChI=1S/C18H24N4O4S/c1-5-6-11-22-15(13-7-9-14(25-3)10-8-13)20-21-17(22)27-12(2)16(23)19-18(24)26-4/h7-10,12H,5-6,11H2,1-4H3,(H,19,23,24)/t12-/m1/s1.